The minimum atomic E-state index is 0.803. The zero-order valence-corrected chi connectivity index (χ0v) is 13.1. The summed E-state index contributed by atoms with van der Waals surface area (Å²) in [5.74, 6) is 0. The topological polar surface area (TPSA) is 25.4 Å². The lowest BCUT2D eigenvalue weighted by Gasteiger charge is -2.26. The van der Waals surface area contributed by atoms with Gasteiger partial charge in [-0.3, -0.25) is 0 Å². The molecule has 1 aromatic carbocycles. The molecule has 0 saturated carbocycles. The molecule has 0 aliphatic carbocycles. The lowest BCUT2D eigenvalue weighted by atomic mass is 9.97. The van der Waals surface area contributed by atoms with Gasteiger partial charge in [-0.2, -0.15) is 0 Å². The molecule has 2 aromatic rings. The fourth-order valence-electron chi connectivity index (χ4n) is 2.52. The molecule has 0 N–H and O–H groups in total. The van der Waals surface area contributed by atoms with Crippen LogP contribution < -0.4 is 4.90 Å². The van der Waals surface area contributed by atoms with Crippen molar-refractivity contribution in [3.63, 3.8) is 0 Å². The van der Waals surface area contributed by atoms with Gasteiger partial charge in [0.1, 0.15) is 0 Å². The van der Waals surface area contributed by atoms with Crippen molar-refractivity contribution in [2.75, 3.05) is 31.2 Å². The molecule has 0 radical (unpaired) electrons. The van der Waals surface area contributed by atoms with Gasteiger partial charge in [-0.15, -0.1) is 11.3 Å². The highest BCUT2D eigenvalue weighted by Crippen LogP contribution is 2.31. The lowest BCUT2D eigenvalue weighted by Crippen LogP contribution is -2.36. The van der Waals surface area contributed by atoms with Gasteiger partial charge in [0.2, 0.25) is 0 Å². The third kappa shape index (κ3) is 2.45. The monoisotopic (exact) mass is 288 g/mol. The molecule has 0 amide bonds. The number of morpholine rings is 1. The number of hydrogen-bond acceptors (Lipinski definition) is 4. The van der Waals surface area contributed by atoms with Gasteiger partial charge < -0.3 is 9.64 Å². The van der Waals surface area contributed by atoms with Crippen molar-refractivity contribution < 1.29 is 4.74 Å². The fraction of sp³-hybridized carbons (Fsp3) is 0.438. The third-order valence-corrected chi connectivity index (χ3v) is 5.01. The van der Waals surface area contributed by atoms with Gasteiger partial charge in [0.05, 0.1) is 18.9 Å². The van der Waals surface area contributed by atoms with Crippen LogP contribution in [-0.2, 0) is 4.74 Å². The molecule has 4 heteroatoms. The predicted octanol–water partition coefficient (Wildman–Crippen LogP) is 3.57. The SMILES string of the molecule is Cc1ccc(-c2csc(N3CCOCC3)n2)c(C)c1C. The van der Waals surface area contributed by atoms with E-state index in [4.69, 9.17) is 9.72 Å². The van der Waals surface area contributed by atoms with E-state index in [0.717, 1.165) is 37.1 Å². The van der Waals surface area contributed by atoms with Crippen molar-refractivity contribution in [1.82, 2.24) is 4.98 Å². The highest BCUT2D eigenvalue weighted by molar-refractivity contribution is 7.14. The maximum absolute atomic E-state index is 5.40. The van der Waals surface area contributed by atoms with Gasteiger partial charge in [0, 0.05) is 24.0 Å². The van der Waals surface area contributed by atoms with E-state index in [-0.39, 0.29) is 0 Å². The second-order valence-corrected chi connectivity index (χ2v) is 6.13. The van der Waals surface area contributed by atoms with E-state index in [9.17, 15) is 0 Å². The standard InChI is InChI=1S/C16H20N2OS/c1-11-4-5-14(13(3)12(11)2)15-10-20-16(17-15)18-6-8-19-9-7-18/h4-5,10H,6-9H2,1-3H3. The Morgan fingerprint density at radius 3 is 2.60 bits per heavy atom. The van der Waals surface area contributed by atoms with Crippen molar-refractivity contribution in [2.24, 2.45) is 0 Å². The molecule has 1 aromatic heterocycles. The van der Waals surface area contributed by atoms with Gasteiger partial charge in [-0.05, 0) is 37.5 Å². The number of ether oxygens (including phenoxy) is 1. The van der Waals surface area contributed by atoms with Crippen LogP contribution in [0.3, 0.4) is 0 Å². The Hall–Kier alpha value is -1.39. The van der Waals surface area contributed by atoms with Crippen LogP contribution in [0.5, 0.6) is 0 Å². The van der Waals surface area contributed by atoms with E-state index in [1.54, 1.807) is 11.3 Å². The van der Waals surface area contributed by atoms with Crippen molar-refractivity contribution >= 4 is 16.5 Å². The molecule has 0 bridgehead atoms. The van der Waals surface area contributed by atoms with Crippen LogP contribution >= 0.6 is 11.3 Å². The predicted molar refractivity (Wildman–Crippen MR) is 84.8 cm³/mol. The Morgan fingerprint density at radius 2 is 1.85 bits per heavy atom. The van der Waals surface area contributed by atoms with Gasteiger partial charge in [0.15, 0.2) is 5.13 Å². The molecule has 2 heterocycles. The van der Waals surface area contributed by atoms with Crippen LogP contribution in [0.2, 0.25) is 0 Å². The Balaban J connectivity index is 1.92. The Morgan fingerprint density at radius 1 is 1.10 bits per heavy atom. The van der Waals surface area contributed by atoms with Crippen LogP contribution in [0.15, 0.2) is 17.5 Å². The minimum absolute atomic E-state index is 0.803. The molecular formula is C16H20N2OS. The van der Waals surface area contributed by atoms with Gasteiger partial charge >= 0.3 is 0 Å². The van der Waals surface area contributed by atoms with Crippen LogP contribution in [0, 0.1) is 20.8 Å². The van der Waals surface area contributed by atoms with E-state index < -0.39 is 0 Å². The first kappa shape index (κ1) is 13.6. The zero-order valence-electron chi connectivity index (χ0n) is 12.3. The van der Waals surface area contributed by atoms with E-state index in [1.807, 2.05) is 0 Å². The molecule has 1 aliphatic heterocycles. The summed E-state index contributed by atoms with van der Waals surface area (Å²) < 4.78 is 5.40. The molecule has 3 nitrogen and oxygen atoms in total. The van der Waals surface area contributed by atoms with Crippen molar-refractivity contribution in [1.29, 1.82) is 0 Å². The Bertz CT molecular complexity index is 615. The van der Waals surface area contributed by atoms with Gasteiger partial charge in [0.25, 0.3) is 0 Å². The van der Waals surface area contributed by atoms with Gasteiger partial charge in [-0.25, -0.2) is 4.98 Å². The number of aromatic nitrogens is 1. The highest BCUT2D eigenvalue weighted by atomic mass is 32.1. The Kier molecular flexibility index (Phi) is 3.76. The second kappa shape index (κ2) is 5.54. The maximum atomic E-state index is 5.40. The lowest BCUT2D eigenvalue weighted by molar-refractivity contribution is 0.122. The quantitative estimate of drug-likeness (QED) is 0.844. The molecule has 0 spiro atoms. The Labute approximate surface area is 124 Å². The number of aryl methyl sites for hydroxylation is 1. The van der Waals surface area contributed by atoms with Crippen LogP contribution in [0.1, 0.15) is 16.7 Å². The largest absolute Gasteiger partial charge is 0.378 e. The molecule has 1 aliphatic rings. The summed E-state index contributed by atoms with van der Waals surface area (Å²) in [4.78, 5) is 7.14. The molecule has 0 unspecified atom stereocenters. The number of anilines is 1. The maximum Gasteiger partial charge on any atom is 0.186 e. The first-order valence-corrected chi connectivity index (χ1v) is 7.90. The molecule has 3 rings (SSSR count). The number of thiazole rings is 1. The minimum Gasteiger partial charge on any atom is -0.378 e. The van der Waals surface area contributed by atoms with Crippen molar-refractivity contribution in [3.8, 4) is 11.3 Å². The van der Waals surface area contributed by atoms with Crippen LogP contribution in [0.25, 0.3) is 11.3 Å². The molecular weight excluding hydrogens is 268 g/mol. The summed E-state index contributed by atoms with van der Waals surface area (Å²) in [7, 11) is 0. The van der Waals surface area contributed by atoms with Crippen LogP contribution in [-0.4, -0.2) is 31.3 Å². The summed E-state index contributed by atoms with van der Waals surface area (Å²) in [5.41, 5.74) is 6.39. The van der Waals surface area contributed by atoms with E-state index in [0.29, 0.717) is 0 Å². The summed E-state index contributed by atoms with van der Waals surface area (Å²) >= 11 is 1.73. The summed E-state index contributed by atoms with van der Waals surface area (Å²) in [6.45, 7) is 10.0. The molecule has 0 atom stereocenters. The highest BCUT2D eigenvalue weighted by Gasteiger charge is 2.16. The summed E-state index contributed by atoms with van der Waals surface area (Å²) in [5, 5.41) is 3.28. The fourth-order valence-corrected chi connectivity index (χ4v) is 3.40. The van der Waals surface area contributed by atoms with Gasteiger partial charge in [-0.1, -0.05) is 12.1 Å². The number of benzene rings is 1. The van der Waals surface area contributed by atoms with E-state index in [1.165, 1.54) is 22.3 Å². The first-order valence-electron chi connectivity index (χ1n) is 7.02. The van der Waals surface area contributed by atoms with Crippen molar-refractivity contribution in [2.45, 2.75) is 20.8 Å². The second-order valence-electron chi connectivity index (χ2n) is 5.29. The molecule has 20 heavy (non-hydrogen) atoms. The zero-order chi connectivity index (χ0) is 14.1. The summed E-state index contributed by atoms with van der Waals surface area (Å²) in [6, 6.07) is 4.38. The number of hydrogen-bond donors (Lipinski definition) is 0. The average Bonchev–Trinajstić information content (AvgIpc) is 2.95. The molecule has 106 valence electrons. The number of rotatable bonds is 2. The summed E-state index contributed by atoms with van der Waals surface area (Å²) in [6.07, 6.45) is 0. The van der Waals surface area contributed by atoms with Crippen LogP contribution in [0.4, 0.5) is 5.13 Å². The smallest absolute Gasteiger partial charge is 0.186 e. The third-order valence-electron chi connectivity index (χ3n) is 4.11. The van der Waals surface area contributed by atoms with E-state index >= 15 is 0 Å². The normalized spacial score (nSPS) is 15.7. The first-order chi connectivity index (χ1) is 9.66. The molecule has 1 fully saturated rings. The number of nitrogens with zero attached hydrogens (tertiary/aromatic N) is 2. The average molecular weight is 288 g/mol. The molecule has 1 saturated heterocycles. The van der Waals surface area contributed by atoms with Crippen molar-refractivity contribution in [3.05, 3.63) is 34.2 Å². The van der Waals surface area contributed by atoms with E-state index in [2.05, 4.69) is 43.2 Å².